The second-order valence-electron chi connectivity index (χ2n) is 5.01. The maximum Gasteiger partial charge on any atom is 0.326 e. The third-order valence-electron chi connectivity index (χ3n) is 2.04. The zero-order valence-electron chi connectivity index (χ0n) is 11.3. The van der Waals surface area contributed by atoms with E-state index in [1.54, 1.807) is 20.8 Å². The first kappa shape index (κ1) is 15.6. The molecule has 9 nitrogen and oxygen atoms in total. The highest BCUT2D eigenvalue weighted by Crippen LogP contribution is 2.09. The number of esters is 1. The lowest BCUT2D eigenvalue weighted by Crippen LogP contribution is -2.43. The summed E-state index contributed by atoms with van der Waals surface area (Å²) in [6, 6.07) is -1.39. The molecular weight excluding hydrogens is 268 g/mol. The predicted molar refractivity (Wildman–Crippen MR) is 65.7 cm³/mol. The van der Waals surface area contributed by atoms with E-state index in [2.05, 4.69) is 20.7 Å². The van der Waals surface area contributed by atoms with Crippen molar-refractivity contribution in [3.05, 3.63) is 11.9 Å². The quantitative estimate of drug-likeness (QED) is 0.633. The van der Waals surface area contributed by atoms with Crippen molar-refractivity contribution in [2.75, 3.05) is 0 Å². The Morgan fingerprint density at radius 3 is 2.55 bits per heavy atom. The number of aromatic amines is 1. The first-order valence-corrected chi connectivity index (χ1v) is 5.80. The van der Waals surface area contributed by atoms with E-state index in [0.717, 1.165) is 6.20 Å². The average molecular weight is 284 g/mol. The van der Waals surface area contributed by atoms with Gasteiger partial charge in [-0.1, -0.05) is 0 Å². The van der Waals surface area contributed by atoms with Crippen LogP contribution in [0.4, 0.5) is 0 Å². The van der Waals surface area contributed by atoms with Gasteiger partial charge in [0.2, 0.25) is 0 Å². The number of hydrogen-bond donors (Lipinski definition) is 3. The monoisotopic (exact) mass is 284 g/mol. The van der Waals surface area contributed by atoms with Crippen LogP contribution in [0, 0.1) is 0 Å². The second kappa shape index (κ2) is 6.13. The second-order valence-corrected chi connectivity index (χ2v) is 5.01. The number of carboxylic acid groups (broad SMARTS) is 1. The molecule has 0 unspecified atom stereocenters. The van der Waals surface area contributed by atoms with E-state index in [4.69, 9.17) is 9.84 Å². The zero-order chi connectivity index (χ0) is 15.3. The number of ether oxygens (including phenoxy) is 1. The molecule has 0 bridgehead atoms. The van der Waals surface area contributed by atoms with Crippen molar-refractivity contribution in [3.8, 4) is 0 Å². The van der Waals surface area contributed by atoms with Crippen LogP contribution in [0.5, 0.6) is 0 Å². The fourth-order valence-electron chi connectivity index (χ4n) is 1.29. The van der Waals surface area contributed by atoms with E-state index < -0.39 is 35.9 Å². The molecule has 9 heteroatoms. The topological polar surface area (TPSA) is 134 Å². The number of amides is 1. The lowest BCUT2D eigenvalue weighted by molar-refractivity contribution is -0.158. The Hall–Kier alpha value is -2.45. The normalized spacial score (nSPS) is 12.6. The van der Waals surface area contributed by atoms with Gasteiger partial charge >= 0.3 is 11.9 Å². The molecule has 0 aliphatic rings. The first-order valence-electron chi connectivity index (χ1n) is 5.80. The summed E-state index contributed by atoms with van der Waals surface area (Å²) in [5.74, 6) is -2.80. The van der Waals surface area contributed by atoms with Crippen molar-refractivity contribution in [2.24, 2.45) is 0 Å². The number of nitrogens with zero attached hydrogens (tertiary/aromatic N) is 2. The molecule has 1 aromatic heterocycles. The minimum atomic E-state index is -1.39. The van der Waals surface area contributed by atoms with Gasteiger partial charge in [-0.3, -0.25) is 9.59 Å². The molecule has 0 saturated heterocycles. The Morgan fingerprint density at radius 2 is 2.10 bits per heavy atom. The van der Waals surface area contributed by atoms with Crippen molar-refractivity contribution >= 4 is 17.8 Å². The summed E-state index contributed by atoms with van der Waals surface area (Å²) in [6.45, 7) is 4.98. The van der Waals surface area contributed by atoms with Gasteiger partial charge < -0.3 is 15.2 Å². The maximum absolute atomic E-state index is 11.6. The summed E-state index contributed by atoms with van der Waals surface area (Å²) in [7, 11) is 0. The molecule has 0 fully saturated rings. The van der Waals surface area contributed by atoms with Gasteiger partial charge in [-0.2, -0.15) is 15.4 Å². The van der Waals surface area contributed by atoms with Crippen LogP contribution in [0.2, 0.25) is 0 Å². The number of H-pyrrole nitrogens is 1. The predicted octanol–water partition coefficient (Wildman–Crippen LogP) is -0.280. The number of carbonyl (C=O) groups excluding carboxylic acids is 2. The summed E-state index contributed by atoms with van der Waals surface area (Å²) >= 11 is 0. The van der Waals surface area contributed by atoms with Crippen LogP contribution in [0.3, 0.4) is 0 Å². The SMILES string of the molecule is CC(C)(C)OC(=O)C[C@H](NC(=O)c1cn[nH]n1)C(=O)O. The van der Waals surface area contributed by atoms with Crippen molar-refractivity contribution < 1.29 is 24.2 Å². The molecule has 20 heavy (non-hydrogen) atoms. The van der Waals surface area contributed by atoms with E-state index in [1.807, 2.05) is 0 Å². The van der Waals surface area contributed by atoms with Crippen molar-refractivity contribution in [1.82, 2.24) is 20.7 Å². The summed E-state index contributed by atoms with van der Waals surface area (Å²) < 4.78 is 5.00. The van der Waals surface area contributed by atoms with Gasteiger partial charge in [-0.15, -0.1) is 0 Å². The highest BCUT2D eigenvalue weighted by Gasteiger charge is 2.27. The maximum atomic E-state index is 11.6. The van der Waals surface area contributed by atoms with Crippen LogP contribution in [0.25, 0.3) is 0 Å². The Labute approximate surface area is 114 Å². The number of nitrogens with one attached hydrogen (secondary N) is 2. The molecule has 1 aromatic rings. The molecule has 0 spiro atoms. The van der Waals surface area contributed by atoms with Gasteiger partial charge in [0.25, 0.3) is 5.91 Å². The standard InChI is InChI=1S/C11H16N4O5/c1-11(2,3)20-8(16)4-6(10(18)19)13-9(17)7-5-12-15-14-7/h5-6H,4H2,1-3H3,(H,13,17)(H,18,19)(H,12,14,15)/t6-/m0/s1. The van der Waals surface area contributed by atoms with Gasteiger partial charge in [0.1, 0.15) is 11.6 Å². The largest absolute Gasteiger partial charge is 0.480 e. The zero-order valence-corrected chi connectivity index (χ0v) is 11.3. The van der Waals surface area contributed by atoms with E-state index in [-0.39, 0.29) is 5.69 Å². The molecular formula is C11H16N4O5. The minimum Gasteiger partial charge on any atom is -0.480 e. The van der Waals surface area contributed by atoms with E-state index in [1.165, 1.54) is 0 Å². The average Bonchev–Trinajstić information content (AvgIpc) is 2.78. The lowest BCUT2D eigenvalue weighted by atomic mass is 10.1. The summed E-state index contributed by atoms with van der Waals surface area (Å²) in [6.07, 6.45) is 0.665. The van der Waals surface area contributed by atoms with Crippen molar-refractivity contribution in [1.29, 1.82) is 0 Å². The van der Waals surface area contributed by atoms with Crippen LogP contribution in [0.1, 0.15) is 37.7 Å². The molecule has 110 valence electrons. The third-order valence-corrected chi connectivity index (χ3v) is 2.04. The molecule has 0 saturated carbocycles. The molecule has 1 heterocycles. The van der Waals surface area contributed by atoms with Gasteiger partial charge in [-0.25, -0.2) is 4.79 Å². The number of hydrogen-bond acceptors (Lipinski definition) is 6. The molecule has 0 radical (unpaired) electrons. The number of aliphatic carboxylic acids is 1. The summed E-state index contributed by atoms with van der Waals surface area (Å²) in [5, 5.41) is 20.3. The van der Waals surface area contributed by atoms with Crippen molar-refractivity contribution in [3.63, 3.8) is 0 Å². The molecule has 0 aliphatic carbocycles. The van der Waals surface area contributed by atoms with Crippen LogP contribution in [0.15, 0.2) is 6.20 Å². The lowest BCUT2D eigenvalue weighted by Gasteiger charge is -2.21. The van der Waals surface area contributed by atoms with Crippen LogP contribution in [-0.2, 0) is 14.3 Å². The number of carbonyl (C=O) groups is 3. The summed E-state index contributed by atoms with van der Waals surface area (Å²) in [5.41, 5.74) is -0.795. The Morgan fingerprint density at radius 1 is 1.45 bits per heavy atom. The Balaban J connectivity index is 2.64. The molecule has 3 N–H and O–H groups in total. The fraction of sp³-hybridized carbons (Fsp3) is 0.545. The smallest absolute Gasteiger partial charge is 0.326 e. The molecule has 1 atom stereocenters. The van der Waals surface area contributed by atoms with Gasteiger partial charge in [0.15, 0.2) is 5.69 Å². The number of carboxylic acids is 1. The number of rotatable bonds is 5. The Kier molecular flexibility index (Phi) is 4.78. The molecule has 1 amide bonds. The number of aromatic nitrogens is 3. The van der Waals surface area contributed by atoms with E-state index in [9.17, 15) is 14.4 Å². The van der Waals surface area contributed by atoms with Crippen LogP contribution < -0.4 is 5.32 Å². The fourth-order valence-corrected chi connectivity index (χ4v) is 1.29. The van der Waals surface area contributed by atoms with Gasteiger partial charge in [0, 0.05) is 0 Å². The van der Waals surface area contributed by atoms with Gasteiger partial charge in [0.05, 0.1) is 12.6 Å². The first-order chi connectivity index (χ1) is 9.19. The molecule has 1 rings (SSSR count). The van der Waals surface area contributed by atoms with Crippen molar-refractivity contribution in [2.45, 2.75) is 38.8 Å². The third kappa shape index (κ3) is 5.04. The van der Waals surface area contributed by atoms with E-state index >= 15 is 0 Å². The minimum absolute atomic E-state index is 0.0690. The molecule has 0 aromatic carbocycles. The highest BCUT2D eigenvalue weighted by molar-refractivity contribution is 5.95. The van der Waals surface area contributed by atoms with Gasteiger partial charge in [-0.05, 0) is 20.8 Å². The molecule has 0 aliphatic heterocycles. The van der Waals surface area contributed by atoms with Crippen LogP contribution >= 0.6 is 0 Å². The van der Waals surface area contributed by atoms with Crippen LogP contribution in [-0.4, -0.2) is 50.0 Å². The highest BCUT2D eigenvalue weighted by atomic mass is 16.6. The van der Waals surface area contributed by atoms with E-state index in [0.29, 0.717) is 0 Å². The summed E-state index contributed by atoms with van der Waals surface area (Å²) in [4.78, 5) is 34.2. The Bertz CT molecular complexity index is 491.